The lowest BCUT2D eigenvalue weighted by atomic mass is 9.98. The van der Waals surface area contributed by atoms with Crippen LogP contribution in [0.25, 0.3) is 22.0 Å². The SMILES string of the molecule is Cl.NCC(F)C[C@H](N)CN1Cc2ccccc2-c2c([nH]c3ccccc23)C1=O. The van der Waals surface area contributed by atoms with E-state index in [4.69, 9.17) is 11.5 Å². The highest BCUT2D eigenvalue weighted by Crippen LogP contribution is 2.38. The predicted octanol–water partition coefficient (Wildman–Crippen LogP) is 3.23. The molecule has 7 heteroatoms. The van der Waals surface area contributed by atoms with Crippen LogP contribution in [-0.2, 0) is 6.54 Å². The molecule has 0 bridgehead atoms. The van der Waals surface area contributed by atoms with E-state index in [2.05, 4.69) is 4.98 Å². The third kappa shape index (κ3) is 3.63. The number of aromatic nitrogens is 1. The van der Waals surface area contributed by atoms with Crippen LogP contribution in [0, 0.1) is 0 Å². The number of aromatic amines is 1. The fourth-order valence-electron chi connectivity index (χ4n) is 3.85. The first-order valence-electron chi connectivity index (χ1n) is 9.16. The fraction of sp³-hybridized carbons (Fsp3) is 0.286. The highest BCUT2D eigenvalue weighted by atomic mass is 35.5. The van der Waals surface area contributed by atoms with Crippen LogP contribution < -0.4 is 11.5 Å². The van der Waals surface area contributed by atoms with Crippen molar-refractivity contribution in [3.63, 3.8) is 0 Å². The molecule has 3 aromatic rings. The number of nitrogens with one attached hydrogen (secondary N) is 1. The molecule has 1 aromatic heterocycles. The van der Waals surface area contributed by atoms with Crippen molar-refractivity contribution in [3.05, 3.63) is 59.8 Å². The summed E-state index contributed by atoms with van der Waals surface area (Å²) >= 11 is 0. The Balaban J connectivity index is 0.00000225. The number of nitrogens with zero attached hydrogens (tertiary/aromatic N) is 1. The Morgan fingerprint density at radius 1 is 1.14 bits per heavy atom. The van der Waals surface area contributed by atoms with Gasteiger partial charge in [-0.3, -0.25) is 4.79 Å². The molecular formula is C21H24ClFN4O. The van der Waals surface area contributed by atoms with Crippen molar-refractivity contribution < 1.29 is 9.18 Å². The zero-order chi connectivity index (χ0) is 19.0. The topological polar surface area (TPSA) is 88.1 Å². The molecule has 0 fully saturated rings. The maximum absolute atomic E-state index is 13.6. The van der Waals surface area contributed by atoms with Crippen LogP contribution in [0.3, 0.4) is 0 Å². The zero-order valence-electron chi connectivity index (χ0n) is 15.4. The number of H-pyrrole nitrogens is 1. The number of fused-ring (bicyclic) bond motifs is 5. The van der Waals surface area contributed by atoms with Crippen molar-refractivity contribution in [2.75, 3.05) is 13.1 Å². The molecule has 0 aliphatic carbocycles. The molecule has 2 atom stereocenters. The summed E-state index contributed by atoms with van der Waals surface area (Å²) in [7, 11) is 0. The molecule has 0 saturated carbocycles. The minimum Gasteiger partial charge on any atom is -0.350 e. The second-order valence-corrected chi connectivity index (χ2v) is 7.09. The first kappa shape index (κ1) is 20.3. The molecule has 1 unspecified atom stereocenters. The number of carbonyl (C=O) groups excluding carboxylic acids is 1. The third-order valence-corrected chi connectivity index (χ3v) is 5.12. The second kappa shape index (κ2) is 8.31. The van der Waals surface area contributed by atoms with Gasteiger partial charge in [-0.25, -0.2) is 4.39 Å². The average molecular weight is 403 g/mol. The Hall–Kier alpha value is -2.41. The molecule has 5 nitrogen and oxygen atoms in total. The largest absolute Gasteiger partial charge is 0.350 e. The van der Waals surface area contributed by atoms with Gasteiger partial charge in [0.2, 0.25) is 0 Å². The van der Waals surface area contributed by atoms with Gasteiger partial charge in [-0.05, 0) is 23.6 Å². The van der Waals surface area contributed by atoms with Crippen LogP contribution in [0.5, 0.6) is 0 Å². The summed E-state index contributed by atoms with van der Waals surface area (Å²) in [4.78, 5) is 18.3. The number of hydrogen-bond donors (Lipinski definition) is 3. The molecule has 2 heterocycles. The quantitative estimate of drug-likeness (QED) is 0.612. The summed E-state index contributed by atoms with van der Waals surface area (Å²) in [5.41, 5.74) is 16.0. The monoisotopic (exact) mass is 402 g/mol. The van der Waals surface area contributed by atoms with Crippen molar-refractivity contribution in [3.8, 4) is 11.1 Å². The Bertz CT molecular complexity index is 989. The Morgan fingerprint density at radius 2 is 1.86 bits per heavy atom. The van der Waals surface area contributed by atoms with E-state index in [1.165, 1.54) is 0 Å². The molecule has 28 heavy (non-hydrogen) atoms. The number of alkyl halides is 1. The molecule has 2 aromatic carbocycles. The van der Waals surface area contributed by atoms with Crippen molar-refractivity contribution in [2.45, 2.75) is 25.2 Å². The van der Waals surface area contributed by atoms with Gasteiger partial charge in [0.25, 0.3) is 5.91 Å². The van der Waals surface area contributed by atoms with Crippen LogP contribution >= 0.6 is 12.4 Å². The Labute approximate surface area is 169 Å². The summed E-state index contributed by atoms with van der Waals surface area (Å²) in [5, 5.41) is 1.02. The standard InChI is InChI=1S/C21H23FN4O.ClH/c22-14(10-23)9-15(24)12-26-11-13-5-1-2-6-16(13)19-17-7-3-4-8-18(17)25-20(19)21(26)27;/h1-8,14-15,25H,9-12,23-24H2;1H/t14?,15-;/m0./s1. The number of hydrogen-bond acceptors (Lipinski definition) is 3. The van der Waals surface area contributed by atoms with Gasteiger partial charge < -0.3 is 21.4 Å². The first-order chi connectivity index (χ1) is 13.1. The first-order valence-corrected chi connectivity index (χ1v) is 9.16. The maximum Gasteiger partial charge on any atom is 0.271 e. The lowest BCUT2D eigenvalue weighted by molar-refractivity contribution is 0.0724. The number of para-hydroxylation sites is 1. The van der Waals surface area contributed by atoms with Crippen LogP contribution in [-0.4, -0.2) is 41.1 Å². The van der Waals surface area contributed by atoms with Crippen LogP contribution in [0.1, 0.15) is 22.5 Å². The van der Waals surface area contributed by atoms with Crippen molar-refractivity contribution in [1.82, 2.24) is 9.88 Å². The number of amides is 1. The molecule has 0 spiro atoms. The summed E-state index contributed by atoms with van der Waals surface area (Å²) in [6, 6.07) is 15.4. The molecule has 1 aliphatic rings. The highest BCUT2D eigenvalue weighted by Gasteiger charge is 2.30. The van der Waals surface area contributed by atoms with E-state index < -0.39 is 12.2 Å². The van der Waals surface area contributed by atoms with E-state index in [1.54, 1.807) is 4.90 Å². The normalized spacial score (nSPS) is 15.4. The number of nitrogens with two attached hydrogens (primary N) is 2. The van der Waals surface area contributed by atoms with Gasteiger partial charge in [-0.2, -0.15) is 0 Å². The molecule has 4 rings (SSSR count). The summed E-state index contributed by atoms with van der Waals surface area (Å²) in [6.07, 6.45) is -1.01. The van der Waals surface area contributed by atoms with Crippen LogP contribution in [0.2, 0.25) is 0 Å². The molecule has 1 aliphatic heterocycles. The Morgan fingerprint density at radius 3 is 2.64 bits per heavy atom. The predicted molar refractivity (Wildman–Crippen MR) is 112 cm³/mol. The molecule has 148 valence electrons. The van der Waals surface area contributed by atoms with E-state index in [0.717, 1.165) is 27.6 Å². The van der Waals surface area contributed by atoms with E-state index >= 15 is 0 Å². The van der Waals surface area contributed by atoms with Crippen LogP contribution in [0.4, 0.5) is 4.39 Å². The number of halogens is 2. The third-order valence-electron chi connectivity index (χ3n) is 5.12. The van der Waals surface area contributed by atoms with E-state index in [0.29, 0.717) is 12.2 Å². The van der Waals surface area contributed by atoms with Gasteiger partial charge in [-0.15, -0.1) is 12.4 Å². The molecule has 0 radical (unpaired) electrons. The summed E-state index contributed by atoms with van der Waals surface area (Å²) < 4.78 is 13.6. The lowest BCUT2D eigenvalue weighted by Crippen LogP contribution is -2.42. The smallest absolute Gasteiger partial charge is 0.271 e. The minimum absolute atomic E-state index is 0. The van der Waals surface area contributed by atoms with Gasteiger partial charge in [0.15, 0.2) is 0 Å². The molecular weight excluding hydrogens is 379 g/mol. The second-order valence-electron chi connectivity index (χ2n) is 7.09. The highest BCUT2D eigenvalue weighted by molar-refractivity contribution is 6.11. The number of rotatable bonds is 5. The number of carbonyl (C=O) groups is 1. The van der Waals surface area contributed by atoms with Crippen LogP contribution in [0.15, 0.2) is 48.5 Å². The van der Waals surface area contributed by atoms with Gasteiger partial charge in [-0.1, -0.05) is 42.5 Å². The van der Waals surface area contributed by atoms with Crippen molar-refractivity contribution >= 4 is 29.2 Å². The van der Waals surface area contributed by atoms with Gasteiger partial charge >= 0.3 is 0 Å². The van der Waals surface area contributed by atoms with E-state index in [-0.39, 0.29) is 37.8 Å². The van der Waals surface area contributed by atoms with Gasteiger partial charge in [0, 0.05) is 42.1 Å². The van der Waals surface area contributed by atoms with Gasteiger partial charge in [0.1, 0.15) is 11.9 Å². The Kier molecular flexibility index (Phi) is 6.03. The zero-order valence-corrected chi connectivity index (χ0v) is 16.2. The average Bonchev–Trinajstić information content (AvgIpc) is 3.01. The summed E-state index contributed by atoms with van der Waals surface area (Å²) in [6.45, 7) is 0.665. The number of benzene rings is 2. The minimum atomic E-state index is -1.15. The fourth-order valence-corrected chi connectivity index (χ4v) is 3.85. The van der Waals surface area contributed by atoms with Crippen molar-refractivity contribution in [2.24, 2.45) is 11.5 Å². The molecule has 0 saturated heterocycles. The van der Waals surface area contributed by atoms with Crippen molar-refractivity contribution in [1.29, 1.82) is 0 Å². The molecule has 5 N–H and O–H groups in total. The molecule has 1 amide bonds. The van der Waals surface area contributed by atoms with E-state index in [1.807, 2.05) is 48.5 Å². The maximum atomic E-state index is 13.6. The summed E-state index contributed by atoms with van der Waals surface area (Å²) in [5.74, 6) is -0.115. The van der Waals surface area contributed by atoms with Gasteiger partial charge in [0.05, 0.1) is 0 Å². The lowest BCUT2D eigenvalue weighted by Gasteiger charge is -2.25. The van der Waals surface area contributed by atoms with E-state index in [9.17, 15) is 9.18 Å².